The average molecular weight is 242 g/mol. The van der Waals surface area contributed by atoms with E-state index >= 15 is 0 Å². The Labute approximate surface area is 100 Å². The van der Waals surface area contributed by atoms with Crippen molar-refractivity contribution >= 4 is 17.6 Å². The van der Waals surface area contributed by atoms with Crippen LogP contribution in [0.15, 0.2) is 23.2 Å². The van der Waals surface area contributed by atoms with Crippen LogP contribution in [0, 0.1) is 0 Å². The standard InChI is InChI=1S/C11H18N2O2S/c1-2-4-12-11-6-10(3-5-13-11)16-8-9(15)7-14/h3,5-6,9,14-15H,2,4,7-8H2,1H3,(H,12,13). The first-order valence-electron chi connectivity index (χ1n) is 5.38. The number of thioether (sulfide) groups is 1. The molecule has 0 aliphatic rings. The number of anilines is 1. The van der Waals surface area contributed by atoms with Gasteiger partial charge in [-0.15, -0.1) is 11.8 Å². The van der Waals surface area contributed by atoms with Crippen molar-refractivity contribution in [2.24, 2.45) is 0 Å². The Morgan fingerprint density at radius 2 is 2.38 bits per heavy atom. The van der Waals surface area contributed by atoms with Crippen LogP contribution in [-0.2, 0) is 0 Å². The van der Waals surface area contributed by atoms with E-state index in [9.17, 15) is 5.11 Å². The SMILES string of the molecule is CCCNc1cc(SCC(O)CO)ccn1. The van der Waals surface area contributed by atoms with Crippen LogP contribution in [0.3, 0.4) is 0 Å². The second-order valence-corrected chi connectivity index (χ2v) is 4.54. The van der Waals surface area contributed by atoms with Gasteiger partial charge in [-0.05, 0) is 18.6 Å². The molecule has 1 unspecified atom stereocenters. The van der Waals surface area contributed by atoms with Crippen molar-refractivity contribution in [3.63, 3.8) is 0 Å². The van der Waals surface area contributed by atoms with Crippen LogP contribution in [0.1, 0.15) is 13.3 Å². The van der Waals surface area contributed by atoms with Crippen LogP contribution in [-0.4, -0.2) is 40.2 Å². The normalized spacial score (nSPS) is 12.4. The van der Waals surface area contributed by atoms with Gasteiger partial charge in [0.2, 0.25) is 0 Å². The number of nitrogens with zero attached hydrogens (tertiary/aromatic N) is 1. The molecule has 0 saturated carbocycles. The zero-order valence-electron chi connectivity index (χ0n) is 9.39. The molecule has 0 saturated heterocycles. The first-order valence-corrected chi connectivity index (χ1v) is 6.36. The van der Waals surface area contributed by atoms with Gasteiger partial charge in [-0.1, -0.05) is 6.92 Å². The molecular formula is C11H18N2O2S. The lowest BCUT2D eigenvalue weighted by Crippen LogP contribution is -2.14. The second kappa shape index (κ2) is 7.49. The zero-order valence-corrected chi connectivity index (χ0v) is 10.2. The van der Waals surface area contributed by atoms with E-state index in [4.69, 9.17) is 5.11 Å². The van der Waals surface area contributed by atoms with E-state index in [1.54, 1.807) is 6.20 Å². The molecule has 0 fully saturated rings. The van der Waals surface area contributed by atoms with Gasteiger partial charge in [0.05, 0.1) is 12.7 Å². The Morgan fingerprint density at radius 1 is 1.56 bits per heavy atom. The molecule has 0 spiro atoms. The highest BCUT2D eigenvalue weighted by atomic mass is 32.2. The average Bonchev–Trinajstić information content (AvgIpc) is 2.34. The largest absolute Gasteiger partial charge is 0.394 e. The van der Waals surface area contributed by atoms with Crippen molar-refractivity contribution in [2.75, 3.05) is 24.2 Å². The van der Waals surface area contributed by atoms with Gasteiger partial charge in [-0.25, -0.2) is 4.98 Å². The van der Waals surface area contributed by atoms with Gasteiger partial charge in [-0.3, -0.25) is 0 Å². The number of nitrogens with one attached hydrogen (secondary N) is 1. The summed E-state index contributed by atoms with van der Waals surface area (Å²) in [6.45, 7) is 2.81. The minimum Gasteiger partial charge on any atom is -0.394 e. The summed E-state index contributed by atoms with van der Waals surface area (Å²) in [5.41, 5.74) is 0. The van der Waals surface area contributed by atoms with E-state index < -0.39 is 6.10 Å². The predicted octanol–water partition coefficient (Wildman–Crippen LogP) is 1.35. The lowest BCUT2D eigenvalue weighted by atomic mass is 10.4. The maximum atomic E-state index is 9.23. The summed E-state index contributed by atoms with van der Waals surface area (Å²) in [5.74, 6) is 1.35. The van der Waals surface area contributed by atoms with Gasteiger partial charge in [0, 0.05) is 23.4 Å². The molecule has 1 atom stereocenters. The minimum absolute atomic E-state index is 0.195. The van der Waals surface area contributed by atoms with E-state index in [0.717, 1.165) is 23.7 Å². The topological polar surface area (TPSA) is 65.4 Å². The Bertz CT molecular complexity index is 310. The van der Waals surface area contributed by atoms with Crippen LogP contribution >= 0.6 is 11.8 Å². The van der Waals surface area contributed by atoms with Crippen molar-refractivity contribution in [2.45, 2.75) is 24.3 Å². The van der Waals surface area contributed by atoms with Gasteiger partial charge in [0.1, 0.15) is 5.82 Å². The summed E-state index contributed by atoms with van der Waals surface area (Å²) in [6, 6.07) is 3.84. The van der Waals surface area contributed by atoms with E-state index in [1.807, 2.05) is 12.1 Å². The van der Waals surface area contributed by atoms with E-state index in [0.29, 0.717) is 5.75 Å². The van der Waals surface area contributed by atoms with Gasteiger partial charge in [-0.2, -0.15) is 0 Å². The van der Waals surface area contributed by atoms with E-state index in [-0.39, 0.29) is 6.61 Å². The van der Waals surface area contributed by atoms with Crippen LogP contribution in [0.2, 0.25) is 0 Å². The molecule has 1 rings (SSSR count). The van der Waals surface area contributed by atoms with Gasteiger partial charge >= 0.3 is 0 Å². The van der Waals surface area contributed by atoms with Crippen molar-refractivity contribution < 1.29 is 10.2 Å². The lowest BCUT2D eigenvalue weighted by molar-refractivity contribution is 0.113. The Kier molecular flexibility index (Phi) is 6.22. The van der Waals surface area contributed by atoms with E-state index in [2.05, 4.69) is 17.2 Å². The molecule has 1 heterocycles. The fraction of sp³-hybridized carbons (Fsp3) is 0.545. The van der Waals surface area contributed by atoms with Crippen LogP contribution in [0.4, 0.5) is 5.82 Å². The molecule has 1 aromatic heterocycles. The van der Waals surface area contributed by atoms with Crippen LogP contribution in [0.5, 0.6) is 0 Å². The highest BCUT2D eigenvalue weighted by Gasteiger charge is 2.03. The first kappa shape index (κ1) is 13.3. The Morgan fingerprint density at radius 3 is 3.06 bits per heavy atom. The molecule has 1 aromatic rings. The maximum Gasteiger partial charge on any atom is 0.126 e. The monoisotopic (exact) mass is 242 g/mol. The molecule has 90 valence electrons. The molecular weight excluding hydrogens is 224 g/mol. The van der Waals surface area contributed by atoms with E-state index in [1.165, 1.54) is 11.8 Å². The molecule has 0 amide bonds. The molecule has 0 aliphatic carbocycles. The van der Waals surface area contributed by atoms with Gasteiger partial charge in [0.15, 0.2) is 0 Å². The fourth-order valence-corrected chi connectivity index (χ4v) is 1.94. The minimum atomic E-state index is -0.662. The zero-order chi connectivity index (χ0) is 11.8. The molecule has 0 radical (unpaired) electrons. The number of hydrogen-bond donors (Lipinski definition) is 3. The van der Waals surface area contributed by atoms with Crippen molar-refractivity contribution in [1.82, 2.24) is 4.98 Å². The van der Waals surface area contributed by atoms with Crippen LogP contribution < -0.4 is 5.32 Å². The summed E-state index contributed by atoms with van der Waals surface area (Å²) >= 11 is 1.51. The van der Waals surface area contributed by atoms with Crippen molar-refractivity contribution in [3.8, 4) is 0 Å². The number of hydrogen-bond acceptors (Lipinski definition) is 5. The summed E-state index contributed by atoms with van der Waals surface area (Å²) in [5, 5.41) is 21.1. The van der Waals surface area contributed by atoms with Gasteiger partial charge < -0.3 is 15.5 Å². The van der Waals surface area contributed by atoms with Gasteiger partial charge in [0.25, 0.3) is 0 Å². The summed E-state index contributed by atoms with van der Waals surface area (Å²) in [6.07, 6.45) is 2.14. The first-order chi connectivity index (χ1) is 7.76. The number of rotatable bonds is 7. The fourth-order valence-electron chi connectivity index (χ4n) is 1.10. The number of aromatic nitrogens is 1. The maximum absolute atomic E-state index is 9.23. The second-order valence-electron chi connectivity index (χ2n) is 3.45. The quantitative estimate of drug-likeness (QED) is 0.630. The third-order valence-electron chi connectivity index (χ3n) is 1.94. The molecule has 3 N–H and O–H groups in total. The summed E-state index contributed by atoms with van der Waals surface area (Å²) in [4.78, 5) is 5.23. The van der Waals surface area contributed by atoms with Crippen molar-refractivity contribution in [3.05, 3.63) is 18.3 Å². The van der Waals surface area contributed by atoms with Crippen molar-refractivity contribution in [1.29, 1.82) is 0 Å². The van der Waals surface area contributed by atoms with Crippen LogP contribution in [0.25, 0.3) is 0 Å². The molecule has 0 aliphatic heterocycles. The molecule has 0 aromatic carbocycles. The molecule has 5 heteroatoms. The number of aliphatic hydroxyl groups is 2. The highest BCUT2D eigenvalue weighted by molar-refractivity contribution is 7.99. The Balaban J connectivity index is 2.46. The lowest BCUT2D eigenvalue weighted by Gasteiger charge is -2.08. The third-order valence-corrected chi connectivity index (χ3v) is 3.08. The summed E-state index contributed by atoms with van der Waals surface area (Å²) < 4.78 is 0. The smallest absolute Gasteiger partial charge is 0.126 e. The number of aliphatic hydroxyl groups excluding tert-OH is 2. The third kappa shape index (κ3) is 4.83. The summed E-state index contributed by atoms with van der Waals surface area (Å²) in [7, 11) is 0. The predicted molar refractivity (Wildman–Crippen MR) is 66.8 cm³/mol. The number of pyridine rings is 1. The molecule has 4 nitrogen and oxygen atoms in total. The molecule has 16 heavy (non-hydrogen) atoms. The highest BCUT2D eigenvalue weighted by Crippen LogP contribution is 2.20. The Hall–Kier alpha value is -0.780. The molecule has 0 bridgehead atoms.